The standard InChI is InChI=1S/C17H12Cl4N2O2/c18-12-5-2-6-13(19)14(12)11-8-25-23-15(11)9-3-1-4-10(7-9)22-17(24)16(20)21/h1-7,11,16H,8H2,(H,22,24). The molecule has 1 aliphatic heterocycles. The summed E-state index contributed by atoms with van der Waals surface area (Å²) in [6, 6.07) is 12.5. The van der Waals surface area contributed by atoms with Gasteiger partial charge in [0.1, 0.15) is 6.61 Å². The van der Waals surface area contributed by atoms with Crippen LogP contribution in [0.5, 0.6) is 0 Å². The van der Waals surface area contributed by atoms with Gasteiger partial charge in [-0.1, -0.05) is 69.8 Å². The number of rotatable bonds is 4. The molecule has 1 aliphatic rings. The zero-order valence-corrected chi connectivity index (χ0v) is 15.7. The van der Waals surface area contributed by atoms with Gasteiger partial charge in [0.2, 0.25) is 0 Å². The predicted molar refractivity (Wildman–Crippen MR) is 102 cm³/mol. The van der Waals surface area contributed by atoms with Crippen LogP contribution in [0.1, 0.15) is 17.0 Å². The zero-order valence-electron chi connectivity index (χ0n) is 12.7. The van der Waals surface area contributed by atoms with E-state index in [9.17, 15) is 4.79 Å². The van der Waals surface area contributed by atoms with Gasteiger partial charge in [-0.25, -0.2) is 0 Å². The third-order valence-corrected chi connectivity index (χ3v) is 4.76. The van der Waals surface area contributed by atoms with Crippen LogP contribution < -0.4 is 5.32 Å². The Labute approximate surface area is 164 Å². The van der Waals surface area contributed by atoms with E-state index in [1.54, 1.807) is 36.4 Å². The van der Waals surface area contributed by atoms with Crippen LogP contribution in [-0.2, 0) is 9.63 Å². The lowest BCUT2D eigenvalue weighted by Gasteiger charge is -2.15. The number of hydrogen-bond donors (Lipinski definition) is 1. The van der Waals surface area contributed by atoms with Gasteiger partial charge < -0.3 is 10.2 Å². The number of nitrogens with zero attached hydrogens (tertiary/aromatic N) is 1. The molecule has 0 aromatic heterocycles. The molecule has 1 N–H and O–H groups in total. The summed E-state index contributed by atoms with van der Waals surface area (Å²) >= 11 is 23.8. The van der Waals surface area contributed by atoms with Gasteiger partial charge in [0.25, 0.3) is 5.91 Å². The molecule has 2 aromatic carbocycles. The second kappa shape index (κ2) is 7.83. The van der Waals surface area contributed by atoms with E-state index in [1.165, 1.54) is 0 Å². The van der Waals surface area contributed by atoms with Gasteiger partial charge in [-0.15, -0.1) is 0 Å². The van der Waals surface area contributed by atoms with Crippen molar-refractivity contribution in [1.82, 2.24) is 0 Å². The van der Waals surface area contributed by atoms with Gasteiger partial charge in [-0.05, 0) is 24.3 Å². The van der Waals surface area contributed by atoms with E-state index in [-0.39, 0.29) is 5.92 Å². The minimum absolute atomic E-state index is 0.207. The summed E-state index contributed by atoms with van der Waals surface area (Å²) in [5, 5.41) is 7.86. The quantitative estimate of drug-likeness (QED) is 0.690. The van der Waals surface area contributed by atoms with Crippen molar-refractivity contribution in [3.63, 3.8) is 0 Å². The van der Waals surface area contributed by atoms with E-state index >= 15 is 0 Å². The lowest BCUT2D eigenvalue weighted by atomic mass is 9.90. The Morgan fingerprint density at radius 2 is 1.84 bits per heavy atom. The van der Waals surface area contributed by atoms with E-state index < -0.39 is 10.7 Å². The largest absolute Gasteiger partial charge is 0.394 e. The Kier molecular flexibility index (Phi) is 5.74. The summed E-state index contributed by atoms with van der Waals surface area (Å²) in [7, 11) is 0. The third kappa shape index (κ3) is 4.04. The maximum Gasteiger partial charge on any atom is 0.257 e. The molecule has 25 heavy (non-hydrogen) atoms. The van der Waals surface area contributed by atoms with Crippen LogP contribution in [0.25, 0.3) is 0 Å². The number of amides is 1. The Morgan fingerprint density at radius 1 is 1.16 bits per heavy atom. The van der Waals surface area contributed by atoms with E-state index in [2.05, 4.69) is 10.5 Å². The Morgan fingerprint density at radius 3 is 2.52 bits per heavy atom. The van der Waals surface area contributed by atoms with Crippen LogP contribution in [0.4, 0.5) is 5.69 Å². The van der Waals surface area contributed by atoms with Gasteiger partial charge >= 0.3 is 0 Å². The molecule has 0 saturated carbocycles. The van der Waals surface area contributed by atoms with Crippen molar-refractivity contribution in [1.29, 1.82) is 0 Å². The van der Waals surface area contributed by atoms with Gasteiger partial charge in [0.15, 0.2) is 4.84 Å². The summed E-state index contributed by atoms with van der Waals surface area (Å²) < 4.78 is 0. The summed E-state index contributed by atoms with van der Waals surface area (Å²) in [6.45, 7) is 0.334. The molecule has 0 saturated heterocycles. The fraction of sp³-hybridized carbons (Fsp3) is 0.176. The summed E-state index contributed by atoms with van der Waals surface area (Å²) in [4.78, 5) is 15.8. The fourth-order valence-corrected chi connectivity index (χ4v) is 3.36. The van der Waals surface area contributed by atoms with E-state index in [0.29, 0.717) is 28.1 Å². The molecule has 0 spiro atoms. The van der Waals surface area contributed by atoms with E-state index in [0.717, 1.165) is 11.1 Å². The van der Waals surface area contributed by atoms with Gasteiger partial charge in [0, 0.05) is 26.9 Å². The SMILES string of the molecule is O=C(Nc1cccc(C2=NOCC2c2c(Cl)cccc2Cl)c1)C(Cl)Cl. The molecule has 1 heterocycles. The van der Waals surface area contributed by atoms with E-state index in [1.807, 2.05) is 6.07 Å². The first-order chi connectivity index (χ1) is 12.0. The maximum absolute atomic E-state index is 11.7. The van der Waals surface area contributed by atoms with Gasteiger partial charge in [-0.2, -0.15) is 0 Å². The molecule has 2 aromatic rings. The number of hydrogen-bond acceptors (Lipinski definition) is 3. The van der Waals surface area contributed by atoms with E-state index in [4.69, 9.17) is 51.2 Å². The second-order valence-electron chi connectivity index (χ2n) is 5.33. The maximum atomic E-state index is 11.7. The normalized spacial score (nSPS) is 16.5. The monoisotopic (exact) mass is 416 g/mol. The summed E-state index contributed by atoms with van der Waals surface area (Å²) in [5.74, 6) is -0.711. The summed E-state index contributed by atoms with van der Waals surface area (Å²) in [6.07, 6.45) is 0. The van der Waals surface area contributed by atoms with Crippen LogP contribution in [0.15, 0.2) is 47.6 Å². The smallest absolute Gasteiger partial charge is 0.257 e. The first kappa shape index (κ1) is 18.3. The highest BCUT2D eigenvalue weighted by atomic mass is 35.5. The number of halogens is 4. The highest BCUT2D eigenvalue weighted by Crippen LogP contribution is 2.36. The number of anilines is 1. The molecule has 130 valence electrons. The van der Waals surface area contributed by atoms with Crippen molar-refractivity contribution in [2.45, 2.75) is 10.8 Å². The van der Waals surface area contributed by atoms with Crippen molar-refractivity contribution >= 4 is 63.7 Å². The minimum Gasteiger partial charge on any atom is -0.394 e. The Hall–Kier alpha value is -1.46. The topological polar surface area (TPSA) is 50.7 Å². The molecule has 0 aliphatic carbocycles. The number of alkyl halides is 2. The van der Waals surface area contributed by atoms with Crippen LogP contribution >= 0.6 is 46.4 Å². The predicted octanol–water partition coefficient (Wildman–Crippen LogP) is 5.25. The molecule has 0 radical (unpaired) electrons. The van der Waals surface area contributed by atoms with Gasteiger partial charge in [0.05, 0.1) is 11.6 Å². The number of benzene rings is 2. The highest BCUT2D eigenvalue weighted by molar-refractivity contribution is 6.54. The lowest BCUT2D eigenvalue weighted by Crippen LogP contribution is -2.19. The number of nitrogens with one attached hydrogen (secondary N) is 1. The second-order valence-corrected chi connectivity index (χ2v) is 7.24. The summed E-state index contributed by atoms with van der Waals surface area (Å²) in [5.41, 5.74) is 2.77. The molecule has 0 fully saturated rings. The number of oxime groups is 1. The number of carbonyl (C=O) groups excluding carboxylic acids is 1. The molecular weight excluding hydrogens is 406 g/mol. The van der Waals surface area contributed by atoms with Crippen molar-refractivity contribution in [3.8, 4) is 0 Å². The molecule has 8 heteroatoms. The first-order valence-corrected chi connectivity index (χ1v) is 8.93. The van der Waals surface area contributed by atoms with Gasteiger partial charge in [-0.3, -0.25) is 4.79 Å². The van der Waals surface area contributed by atoms with Crippen molar-refractivity contribution in [3.05, 3.63) is 63.6 Å². The average molecular weight is 418 g/mol. The average Bonchev–Trinajstić information content (AvgIpc) is 3.04. The molecular formula is C17H12Cl4N2O2. The van der Waals surface area contributed by atoms with Crippen LogP contribution in [-0.4, -0.2) is 23.1 Å². The lowest BCUT2D eigenvalue weighted by molar-refractivity contribution is -0.114. The minimum atomic E-state index is -1.15. The van der Waals surface area contributed by atoms with Crippen molar-refractivity contribution < 1.29 is 9.63 Å². The van der Waals surface area contributed by atoms with Crippen LogP contribution in [0, 0.1) is 0 Å². The fourth-order valence-electron chi connectivity index (χ4n) is 2.59. The molecule has 4 nitrogen and oxygen atoms in total. The third-order valence-electron chi connectivity index (χ3n) is 3.71. The highest BCUT2D eigenvalue weighted by Gasteiger charge is 2.30. The molecule has 1 amide bonds. The Bertz CT molecular complexity index is 819. The first-order valence-electron chi connectivity index (χ1n) is 7.30. The number of carbonyl (C=O) groups is 1. The van der Waals surface area contributed by atoms with Crippen LogP contribution in [0.2, 0.25) is 10.0 Å². The molecule has 1 atom stereocenters. The molecule has 0 bridgehead atoms. The molecule has 1 unspecified atom stereocenters. The van der Waals surface area contributed by atoms with Crippen molar-refractivity contribution in [2.24, 2.45) is 5.16 Å². The molecule has 3 rings (SSSR count). The van der Waals surface area contributed by atoms with Crippen LogP contribution in [0.3, 0.4) is 0 Å². The zero-order chi connectivity index (χ0) is 18.0. The Balaban J connectivity index is 1.92. The van der Waals surface area contributed by atoms with Crippen molar-refractivity contribution in [2.75, 3.05) is 11.9 Å².